The minimum atomic E-state index is -1.73. The molecule has 8 rings (SSSR count). The highest BCUT2D eigenvalue weighted by Gasteiger charge is 2.48. The third-order valence-corrected chi connectivity index (χ3v) is 16.6. The Kier molecular flexibility index (Phi) is 19.6. The van der Waals surface area contributed by atoms with E-state index in [-0.39, 0.29) is 25.7 Å². The molecule has 6 nitrogen and oxygen atoms in total. The Labute approximate surface area is 457 Å². The van der Waals surface area contributed by atoms with E-state index in [4.69, 9.17) is 83.8 Å². The third kappa shape index (κ3) is 12.6. The van der Waals surface area contributed by atoms with Gasteiger partial charge in [-0.3, -0.25) is 0 Å². The molecule has 72 heavy (non-hydrogen) atoms. The van der Waals surface area contributed by atoms with Crippen LogP contribution in [0.5, 0.6) is 11.5 Å². The Morgan fingerprint density at radius 2 is 1.03 bits per heavy atom. The molecule has 0 radical (unpaired) electrons. The second kappa shape index (κ2) is 26.0. The molecule has 0 aromatic heterocycles. The first-order chi connectivity index (χ1) is 35.1. The fraction of sp³-hybridized carbons (Fsp3) is 0.417. The van der Waals surface area contributed by atoms with E-state index < -0.39 is 11.6 Å². The van der Waals surface area contributed by atoms with Crippen LogP contribution in [-0.4, -0.2) is 44.0 Å². The Hall–Kier alpha value is -4.01. The van der Waals surface area contributed by atoms with Gasteiger partial charge in [0.1, 0.15) is 11.5 Å². The predicted molar refractivity (Wildman–Crippen MR) is 304 cm³/mol. The molecule has 3 aliphatic rings. The molecule has 5 aromatic rings. The molecular formula is C60H66Cl6N2O4. The molecule has 2 N–H and O–H groups in total. The van der Waals surface area contributed by atoms with Crippen molar-refractivity contribution in [2.75, 3.05) is 48.7 Å². The van der Waals surface area contributed by atoms with Crippen molar-refractivity contribution in [3.05, 3.63) is 162 Å². The number of nitrogens with one attached hydrogen (secondary N) is 2. The van der Waals surface area contributed by atoms with Gasteiger partial charge in [0.2, 0.25) is 0 Å². The van der Waals surface area contributed by atoms with Gasteiger partial charge >= 0.3 is 5.97 Å². The number of carbonyl (C=O) groups is 1. The van der Waals surface area contributed by atoms with E-state index in [0.717, 1.165) is 120 Å². The van der Waals surface area contributed by atoms with Gasteiger partial charge in [0, 0.05) is 52.9 Å². The molecule has 1 heterocycles. The zero-order valence-electron chi connectivity index (χ0n) is 41.4. The van der Waals surface area contributed by atoms with Crippen LogP contribution in [0.1, 0.15) is 165 Å². The van der Waals surface area contributed by atoms with Gasteiger partial charge in [-0.25, -0.2) is 4.79 Å². The molecular weight excluding hydrogens is 1030 g/mol. The van der Waals surface area contributed by atoms with Gasteiger partial charge in [0.15, 0.2) is 5.60 Å². The number of unbranched alkanes of at least 4 members (excludes halogenated alkanes) is 2. The first-order valence-electron chi connectivity index (χ1n) is 26.0. The van der Waals surface area contributed by atoms with Crippen molar-refractivity contribution < 1.29 is 19.0 Å². The summed E-state index contributed by atoms with van der Waals surface area (Å²) in [6.07, 6.45) is 18.9. The second-order valence-corrected chi connectivity index (χ2v) is 21.5. The first kappa shape index (κ1) is 54.3. The number of hydrogen-bond donors (Lipinski definition) is 2. The molecule has 382 valence electrons. The number of benzene rings is 5. The van der Waals surface area contributed by atoms with Crippen molar-refractivity contribution in [1.82, 2.24) is 0 Å². The fourth-order valence-corrected chi connectivity index (χ4v) is 11.7. The van der Waals surface area contributed by atoms with E-state index in [1.807, 2.05) is 36.4 Å². The maximum absolute atomic E-state index is 14.8. The van der Waals surface area contributed by atoms with Crippen molar-refractivity contribution in [1.29, 1.82) is 0 Å². The highest BCUT2D eigenvalue weighted by Crippen LogP contribution is 2.54. The lowest BCUT2D eigenvalue weighted by atomic mass is 9.81. The van der Waals surface area contributed by atoms with Crippen LogP contribution < -0.4 is 20.1 Å². The monoisotopic (exact) mass is 1090 g/mol. The van der Waals surface area contributed by atoms with Crippen LogP contribution in [0.3, 0.4) is 0 Å². The molecule has 0 bridgehead atoms. The van der Waals surface area contributed by atoms with Gasteiger partial charge in [-0.1, -0.05) is 147 Å². The lowest BCUT2D eigenvalue weighted by Crippen LogP contribution is -2.23. The molecule has 12 heteroatoms. The largest absolute Gasteiger partial charge is 0.494 e. The predicted octanol–water partition coefficient (Wildman–Crippen LogP) is 18.7. The molecule has 0 spiro atoms. The summed E-state index contributed by atoms with van der Waals surface area (Å²) in [5.74, 6) is 2.77. The Morgan fingerprint density at radius 1 is 0.597 bits per heavy atom. The lowest BCUT2D eigenvalue weighted by molar-refractivity contribution is 0.0300. The number of rotatable bonds is 24. The fourth-order valence-electron chi connectivity index (χ4n) is 10.4. The topological polar surface area (TPSA) is 68.8 Å². The molecule has 0 atom stereocenters. The maximum atomic E-state index is 14.8. The highest BCUT2D eigenvalue weighted by molar-refractivity contribution is 6.53. The number of ether oxygens (including phenoxy) is 3. The van der Waals surface area contributed by atoms with Gasteiger partial charge in [0.05, 0.1) is 38.9 Å². The highest BCUT2D eigenvalue weighted by atomic mass is 35.5. The molecule has 2 aliphatic carbocycles. The summed E-state index contributed by atoms with van der Waals surface area (Å²) in [5, 5.41) is 7.55. The zero-order chi connectivity index (χ0) is 50.6. The molecule has 2 saturated carbocycles. The van der Waals surface area contributed by atoms with Crippen LogP contribution in [0.25, 0.3) is 11.1 Å². The number of halogens is 6. The van der Waals surface area contributed by atoms with E-state index in [2.05, 4.69) is 85.1 Å². The summed E-state index contributed by atoms with van der Waals surface area (Å²) >= 11 is 41.0. The van der Waals surface area contributed by atoms with E-state index in [9.17, 15) is 4.79 Å². The molecule has 0 unspecified atom stereocenters. The van der Waals surface area contributed by atoms with E-state index >= 15 is 0 Å². The minimum Gasteiger partial charge on any atom is -0.494 e. The average molecular weight is 1090 g/mol. The Bertz CT molecular complexity index is 2570. The average Bonchev–Trinajstić information content (AvgIpc) is 4.20. The summed E-state index contributed by atoms with van der Waals surface area (Å²) < 4.78 is 19.3. The van der Waals surface area contributed by atoms with Crippen molar-refractivity contribution in [2.24, 2.45) is 0 Å². The molecule has 0 saturated heterocycles. The number of cyclic esters (lactones) is 1. The zero-order valence-corrected chi connectivity index (χ0v) is 46.0. The van der Waals surface area contributed by atoms with Crippen LogP contribution >= 0.6 is 69.6 Å². The van der Waals surface area contributed by atoms with E-state index in [1.54, 1.807) is 0 Å². The number of esters is 1. The second-order valence-electron chi connectivity index (χ2n) is 19.3. The quantitative estimate of drug-likeness (QED) is 0.0211. The molecule has 2 fully saturated rings. The number of anilines is 2. The molecule has 5 aromatic carbocycles. The SMILES string of the molecule is CCCCOc1ccc(C(=CC2(C=C(c3ccc(OCCCC)cc3)c3ccc(C4CCCC4)cc3NCCCCl)OC(=O)c3c(Cl)c(Cl)c(Cl)c(Cl)c32)c2ccc(C3CCCC3)cc2NCCCCl)cc1. The summed E-state index contributed by atoms with van der Waals surface area (Å²) in [7, 11) is 0. The number of alkyl halides is 2. The number of fused-ring (bicyclic) bond motifs is 1. The normalized spacial score (nSPS) is 17.4. The Morgan fingerprint density at radius 3 is 1.44 bits per heavy atom. The third-order valence-electron chi connectivity index (χ3n) is 14.3. The standard InChI is InChI=1S/C60H66Cl6N2O4/c1-3-5-33-70-45-23-17-41(18-24-45)49(47-27-21-43(39-13-7-8-14-39)35-51(47)67-31-11-29-61)37-60(54-53(59(69)72-60)55(63)57(65)58(66)56(54)64)38-50(42-19-25-46(26-20-42)71-34-6-4-2)48-28-22-44(40-15-9-10-16-40)36-52(48)68-32-12-30-62/h17-28,35-40,67-68H,3-16,29-34H2,1-2H3. The van der Waals surface area contributed by atoms with Crippen LogP contribution in [0.4, 0.5) is 11.4 Å². The minimum absolute atomic E-state index is 0.0190. The summed E-state index contributed by atoms with van der Waals surface area (Å²) in [6, 6.07) is 29.6. The maximum Gasteiger partial charge on any atom is 0.341 e. The lowest BCUT2D eigenvalue weighted by Gasteiger charge is -2.29. The van der Waals surface area contributed by atoms with E-state index in [1.165, 1.54) is 36.8 Å². The van der Waals surface area contributed by atoms with Gasteiger partial charge in [-0.05, 0) is 145 Å². The van der Waals surface area contributed by atoms with Gasteiger partial charge in [-0.15, -0.1) is 23.2 Å². The summed E-state index contributed by atoms with van der Waals surface area (Å²) in [4.78, 5) is 14.8. The van der Waals surface area contributed by atoms with Gasteiger partial charge in [-0.2, -0.15) is 0 Å². The van der Waals surface area contributed by atoms with E-state index in [0.29, 0.717) is 55.5 Å². The van der Waals surface area contributed by atoms with Gasteiger partial charge < -0.3 is 24.8 Å². The summed E-state index contributed by atoms with van der Waals surface area (Å²) in [5.41, 5.74) is 8.09. The van der Waals surface area contributed by atoms with Crippen molar-refractivity contribution in [3.63, 3.8) is 0 Å². The van der Waals surface area contributed by atoms with Crippen molar-refractivity contribution in [2.45, 2.75) is 121 Å². The van der Waals surface area contributed by atoms with Crippen LogP contribution in [0.2, 0.25) is 20.1 Å². The number of hydrogen-bond acceptors (Lipinski definition) is 6. The smallest absolute Gasteiger partial charge is 0.341 e. The van der Waals surface area contributed by atoms with Crippen LogP contribution in [0.15, 0.2) is 97.1 Å². The number of carbonyl (C=O) groups excluding carboxylic acids is 1. The molecule has 0 amide bonds. The van der Waals surface area contributed by atoms with Crippen LogP contribution in [-0.2, 0) is 10.3 Å². The van der Waals surface area contributed by atoms with Crippen molar-refractivity contribution >= 4 is 98.1 Å². The Balaban J connectivity index is 1.45. The first-order valence-corrected chi connectivity index (χ1v) is 28.6. The summed E-state index contributed by atoms with van der Waals surface area (Å²) in [6.45, 7) is 6.81. The van der Waals surface area contributed by atoms with Crippen molar-refractivity contribution in [3.8, 4) is 11.5 Å². The van der Waals surface area contributed by atoms with Gasteiger partial charge in [0.25, 0.3) is 0 Å². The van der Waals surface area contributed by atoms with Crippen LogP contribution in [0, 0.1) is 0 Å². The molecule has 1 aliphatic heterocycles.